The second-order valence-electron chi connectivity index (χ2n) is 4.95. The van der Waals surface area contributed by atoms with Crippen LogP contribution in [0.15, 0.2) is 0 Å². The molecule has 1 aliphatic rings. The van der Waals surface area contributed by atoms with Crippen molar-refractivity contribution in [1.82, 2.24) is 0 Å². The summed E-state index contributed by atoms with van der Waals surface area (Å²) in [7, 11) is 0. The van der Waals surface area contributed by atoms with Crippen LogP contribution in [-0.4, -0.2) is 65.2 Å². The van der Waals surface area contributed by atoms with Gasteiger partial charge < -0.3 is 24.1 Å². The summed E-state index contributed by atoms with van der Waals surface area (Å²) in [5.74, 6) is -1.92. The fraction of sp³-hybridized carbons (Fsp3) is 0.714. The number of thioether (sulfide) groups is 1. The average molecular weight is 361 g/mol. The first-order valence-electron chi connectivity index (χ1n) is 7.06. The third-order valence-corrected chi connectivity index (χ3v) is 4.00. The van der Waals surface area contributed by atoms with Crippen LogP contribution in [0.3, 0.4) is 0 Å². The Labute approximate surface area is 143 Å². The van der Waals surface area contributed by atoms with E-state index < -0.39 is 47.8 Å². The smallest absolute Gasteiger partial charge is 0.303 e. The zero-order valence-electron chi connectivity index (χ0n) is 13.5. The van der Waals surface area contributed by atoms with E-state index in [1.807, 2.05) is 6.07 Å². The molecule has 134 valence electrons. The maximum atomic E-state index is 11.3. The van der Waals surface area contributed by atoms with Gasteiger partial charge in [-0.15, -0.1) is 11.8 Å². The molecule has 0 aromatic carbocycles. The normalized spacial score (nSPS) is 29.2. The fourth-order valence-electron chi connectivity index (χ4n) is 2.14. The summed E-state index contributed by atoms with van der Waals surface area (Å²) in [6, 6.07) is 1.89. The van der Waals surface area contributed by atoms with Crippen LogP contribution in [0.1, 0.15) is 20.8 Å². The van der Waals surface area contributed by atoms with Crippen LogP contribution in [0.4, 0.5) is 0 Å². The van der Waals surface area contributed by atoms with Crippen molar-refractivity contribution in [3.63, 3.8) is 0 Å². The van der Waals surface area contributed by atoms with Crippen LogP contribution in [0, 0.1) is 11.3 Å². The number of hydrogen-bond acceptors (Lipinski definition) is 10. The van der Waals surface area contributed by atoms with Crippen molar-refractivity contribution >= 4 is 29.7 Å². The monoisotopic (exact) mass is 361 g/mol. The molecule has 1 aliphatic heterocycles. The van der Waals surface area contributed by atoms with Crippen molar-refractivity contribution in [1.29, 1.82) is 5.26 Å². The van der Waals surface area contributed by atoms with Crippen LogP contribution < -0.4 is 0 Å². The average Bonchev–Trinajstić information content (AvgIpc) is 2.48. The van der Waals surface area contributed by atoms with E-state index in [2.05, 4.69) is 0 Å². The highest BCUT2D eigenvalue weighted by molar-refractivity contribution is 8.00. The molecule has 1 N–H and O–H groups in total. The predicted octanol–water partition coefficient (Wildman–Crippen LogP) is -0.245. The van der Waals surface area contributed by atoms with E-state index in [-0.39, 0.29) is 12.4 Å². The fourth-order valence-corrected chi connectivity index (χ4v) is 2.96. The summed E-state index contributed by atoms with van der Waals surface area (Å²) in [5.41, 5.74) is -0.915. The summed E-state index contributed by atoms with van der Waals surface area (Å²) in [5, 5.41) is 19.0. The predicted molar refractivity (Wildman–Crippen MR) is 80.5 cm³/mol. The third-order valence-electron chi connectivity index (χ3n) is 2.98. The van der Waals surface area contributed by atoms with Gasteiger partial charge in [0, 0.05) is 20.8 Å². The van der Waals surface area contributed by atoms with Crippen LogP contribution in [0.2, 0.25) is 0 Å². The largest absolute Gasteiger partial charge is 0.463 e. The molecule has 0 spiro atoms. The molecule has 1 rings (SSSR count). The number of esters is 3. The second kappa shape index (κ2) is 9.46. The first-order chi connectivity index (χ1) is 11.3. The van der Waals surface area contributed by atoms with E-state index in [0.29, 0.717) is 0 Å². The van der Waals surface area contributed by atoms with Gasteiger partial charge in [0.25, 0.3) is 0 Å². The van der Waals surface area contributed by atoms with E-state index in [9.17, 15) is 19.5 Å². The van der Waals surface area contributed by atoms with Crippen LogP contribution in [0.25, 0.3) is 0 Å². The van der Waals surface area contributed by atoms with Gasteiger partial charge in [-0.05, 0) is 0 Å². The molecule has 9 nitrogen and oxygen atoms in total. The van der Waals surface area contributed by atoms with Crippen LogP contribution in [-0.2, 0) is 33.3 Å². The Kier molecular flexibility index (Phi) is 7.97. The molecule has 0 radical (unpaired) electrons. The summed E-state index contributed by atoms with van der Waals surface area (Å²) < 4.78 is 20.7. The van der Waals surface area contributed by atoms with E-state index in [1.54, 1.807) is 0 Å². The Morgan fingerprint density at radius 2 is 1.71 bits per heavy atom. The standard InChI is InChI=1S/C14H19NO8S/c1-7(16)20-6-10-12(21-8(2)17)13(22-9(3)18)11(19)14(23-10)24-5-4-15/h10-14,19H,5-6H2,1-3H3/t10-,11+,12-,13-,14?/m1/s1. The van der Waals surface area contributed by atoms with Gasteiger partial charge in [-0.2, -0.15) is 5.26 Å². The Morgan fingerprint density at radius 3 is 2.21 bits per heavy atom. The minimum atomic E-state index is -1.33. The van der Waals surface area contributed by atoms with Gasteiger partial charge in [0.2, 0.25) is 0 Å². The summed E-state index contributed by atoms with van der Waals surface area (Å²) in [4.78, 5) is 33.7. The molecule has 0 aromatic rings. The Balaban J connectivity index is 3.04. The molecule has 0 bridgehead atoms. The second-order valence-corrected chi connectivity index (χ2v) is 6.04. The van der Waals surface area contributed by atoms with Gasteiger partial charge in [-0.1, -0.05) is 0 Å². The Bertz CT molecular complexity index is 519. The highest BCUT2D eigenvalue weighted by atomic mass is 32.2. The van der Waals surface area contributed by atoms with E-state index in [0.717, 1.165) is 25.6 Å². The van der Waals surface area contributed by atoms with Crippen molar-refractivity contribution < 1.29 is 38.4 Å². The highest BCUT2D eigenvalue weighted by Gasteiger charge is 2.49. The molecule has 1 unspecified atom stereocenters. The molecule has 1 fully saturated rings. The maximum absolute atomic E-state index is 11.3. The molecular formula is C14H19NO8S. The van der Waals surface area contributed by atoms with Gasteiger partial charge >= 0.3 is 17.9 Å². The van der Waals surface area contributed by atoms with Crippen molar-refractivity contribution in [2.75, 3.05) is 12.4 Å². The lowest BCUT2D eigenvalue weighted by molar-refractivity contribution is -0.231. The minimum absolute atomic E-state index is 0.0209. The molecule has 24 heavy (non-hydrogen) atoms. The van der Waals surface area contributed by atoms with E-state index >= 15 is 0 Å². The lowest BCUT2D eigenvalue weighted by Crippen LogP contribution is -2.60. The van der Waals surface area contributed by atoms with E-state index in [4.69, 9.17) is 24.2 Å². The van der Waals surface area contributed by atoms with Gasteiger partial charge in [0.05, 0.1) is 11.8 Å². The molecule has 1 saturated heterocycles. The quantitative estimate of drug-likeness (QED) is 0.499. The SMILES string of the molecule is CC(=O)OC[C@H]1OC(SCC#N)[C@@H](O)[C@@H](OC(C)=O)[C@@H]1OC(C)=O. The number of aliphatic hydroxyl groups is 1. The first kappa shape index (κ1) is 20.2. The number of aliphatic hydroxyl groups excluding tert-OH is 1. The summed E-state index contributed by atoms with van der Waals surface area (Å²) in [6.45, 7) is 3.23. The topological polar surface area (TPSA) is 132 Å². The van der Waals surface area contributed by atoms with Gasteiger partial charge in [-0.25, -0.2) is 0 Å². The molecule has 0 aromatic heterocycles. The third kappa shape index (κ3) is 5.99. The molecule has 0 amide bonds. The van der Waals surface area contributed by atoms with Crippen molar-refractivity contribution in [2.24, 2.45) is 0 Å². The number of carbonyl (C=O) groups excluding carboxylic acids is 3. The maximum Gasteiger partial charge on any atom is 0.303 e. The minimum Gasteiger partial charge on any atom is -0.463 e. The summed E-state index contributed by atoms with van der Waals surface area (Å²) in [6.07, 6.45) is -4.65. The molecule has 1 heterocycles. The van der Waals surface area contributed by atoms with Gasteiger partial charge in [0.1, 0.15) is 24.3 Å². The van der Waals surface area contributed by atoms with Crippen molar-refractivity contribution in [3.8, 4) is 6.07 Å². The number of rotatable bonds is 6. The zero-order chi connectivity index (χ0) is 18.3. The van der Waals surface area contributed by atoms with Gasteiger partial charge in [-0.3, -0.25) is 14.4 Å². The molecule has 5 atom stereocenters. The highest BCUT2D eigenvalue weighted by Crippen LogP contribution is 2.32. The summed E-state index contributed by atoms with van der Waals surface area (Å²) >= 11 is 0.990. The molecule has 10 heteroatoms. The van der Waals surface area contributed by atoms with Crippen molar-refractivity contribution in [3.05, 3.63) is 0 Å². The molecular weight excluding hydrogens is 342 g/mol. The number of nitrogens with zero attached hydrogens (tertiary/aromatic N) is 1. The van der Waals surface area contributed by atoms with E-state index in [1.165, 1.54) is 6.92 Å². The number of ether oxygens (including phenoxy) is 4. The number of carbonyl (C=O) groups is 3. The van der Waals surface area contributed by atoms with Crippen LogP contribution in [0.5, 0.6) is 0 Å². The Hall–Kier alpha value is -1.83. The van der Waals surface area contributed by atoms with Gasteiger partial charge in [0.15, 0.2) is 12.2 Å². The Morgan fingerprint density at radius 1 is 1.12 bits per heavy atom. The lowest BCUT2D eigenvalue weighted by atomic mass is 9.99. The van der Waals surface area contributed by atoms with Crippen molar-refractivity contribution in [2.45, 2.75) is 50.6 Å². The number of nitriles is 1. The molecule has 0 saturated carbocycles. The number of hydrogen-bond donors (Lipinski definition) is 1. The first-order valence-corrected chi connectivity index (χ1v) is 8.11. The van der Waals surface area contributed by atoms with Crippen LogP contribution >= 0.6 is 11.8 Å². The zero-order valence-corrected chi connectivity index (χ0v) is 14.3. The lowest BCUT2D eigenvalue weighted by Gasteiger charge is -2.42. The molecule has 0 aliphatic carbocycles.